The Labute approximate surface area is 187 Å². The molecule has 0 atom stereocenters. The van der Waals surface area contributed by atoms with Crippen LogP contribution in [0.5, 0.6) is 0 Å². The van der Waals surface area contributed by atoms with Crippen LogP contribution in [0.25, 0.3) is 0 Å². The summed E-state index contributed by atoms with van der Waals surface area (Å²) >= 11 is 0. The maximum Gasteiger partial charge on any atom is 0.303 e. The van der Waals surface area contributed by atoms with Gasteiger partial charge in [0.05, 0.1) is 0 Å². The number of hydrogen-bond acceptors (Lipinski definition) is 4. The van der Waals surface area contributed by atoms with Gasteiger partial charge in [-0.15, -0.1) is 0 Å². The molecule has 0 aliphatic rings. The Bertz CT molecular complexity index is 390. The van der Waals surface area contributed by atoms with Crippen molar-refractivity contribution in [1.82, 2.24) is 9.80 Å². The minimum absolute atomic E-state index is 0. The summed E-state index contributed by atoms with van der Waals surface area (Å²) in [6.45, 7) is 5.89. The van der Waals surface area contributed by atoms with Crippen LogP contribution in [0, 0.1) is 0 Å². The molecule has 0 heterocycles. The summed E-state index contributed by atoms with van der Waals surface area (Å²) in [6, 6.07) is 0. The topological polar surface area (TPSA) is 98.2 Å². The number of aliphatic hydroxyl groups excluding tert-OH is 1. The smallest absolute Gasteiger partial charge is 0.303 e. The lowest BCUT2D eigenvalue weighted by Crippen LogP contribution is -2.27. The van der Waals surface area contributed by atoms with Gasteiger partial charge in [0, 0.05) is 53.1 Å². The second-order valence-electron chi connectivity index (χ2n) is 6.41. The zero-order valence-corrected chi connectivity index (χ0v) is 17.0. The van der Waals surface area contributed by atoms with E-state index >= 15 is 0 Å². The highest BCUT2D eigenvalue weighted by Gasteiger charge is 2.08. The highest BCUT2D eigenvalue weighted by atomic mass is 16.4. The molecule has 186 valence electrons. The Kier molecular flexibility index (Phi) is 41.9. The van der Waals surface area contributed by atoms with Crippen LogP contribution in [0.1, 0.15) is 101 Å². The molecule has 0 saturated carbocycles. The minimum Gasteiger partial charge on any atom is -0.481 e. The molecule has 0 saturated heterocycles. The van der Waals surface area contributed by atoms with Crippen molar-refractivity contribution in [2.75, 3.05) is 33.8 Å². The highest BCUT2D eigenvalue weighted by Crippen LogP contribution is 2.02. The Morgan fingerprint density at radius 3 is 1.40 bits per heavy atom. The van der Waals surface area contributed by atoms with Gasteiger partial charge in [-0.1, -0.05) is 50.0 Å². The van der Waals surface area contributed by atoms with Crippen LogP contribution in [-0.4, -0.2) is 71.6 Å². The first-order valence-electron chi connectivity index (χ1n) is 9.60. The van der Waals surface area contributed by atoms with Crippen LogP contribution in [0.3, 0.4) is 0 Å². The Balaban J connectivity index is -0.0000000847. The number of nitrogens with zero attached hydrogens (tertiary/aromatic N) is 2. The second-order valence-corrected chi connectivity index (χ2v) is 6.41. The molecule has 0 fully saturated rings. The highest BCUT2D eigenvalue weighted by molar-refractivity contribution is 5.76. The van der Waals surface area contributed by atoms with E-state index in [4.69, 9.17) is 10.2 Å². The van der Waals surface area contributed by atoms with Crippen molar-refractivity contribution in [2.24, 2.45) is 0 Å². The molecule has 0 aromatic rings. The van der Waals surface area contributed by atoms with Gasteiger partial charge in [0.1, 0.15) is 0 Å². The number of rotatable bonds is 13. The van der Waals surface area contributed by atoms with Gasteiger partial charge < -0.3 is 20.0 Å². The molecule has 0 rings (SSSR count). The number of carboxylic acids is 1. The maximum atomic E-state index is 11.4. The van der Waals surface area contributed by atoms with Crippen LogP contribution in [0.4, 0.5) is 0 Å². The fourth-order valence-electron chi connectivity index (χ4n) is 2.26. The van der Waals surface area contributed by atoms with E-state index in [1.54, 1.807) is 16.8 Å². The summed E-state index contributed by atoms with van der Waals surface area (Å²) in [6.07, 6.45) is 6.06. The van der Waals surface area contributed by atoms with Gasteiger partial charge >= 0.3 is 5.97 Å². The van der Waals surface area contributed by atoms with Gasteiger partial charge in [-0.25, -0.2) is 0 Å². The van der Waals surface area contributed by atoms with E-state index in [-0.39, 0.29) is 54.5 Å². The zero-order valence-electron chi connectivity index (χ0n) is 17.0. The average Bonchev–Trinajstić information content (AvgIpc) is 2.59. The normalized spacial score (nSPS) is 8.57. The molecule has 0 aromatic heterocycles. The van der Waals surface area contributed by atoms with Crippen molar-refractivity contribution in [3.8, 4) is 0 Å². The molecule has 7 nitrogen and oxygen atoms in total. The average molecular weight is 439 g/mol. The molecule has 30 heavy (non-hydrogen) atoms. The fourth-order valence-corrected chi connectivity index (χ4v) is 2.26. The molecule has 0 aromatic carbocycles. The lowest BCUT2D eigenvalue weighted by molar-refractivity contribution is -0.137. The molecular weight excluding hydrogens is 384 g/mol. The number of carbonyl (C=O) groups is 3. The van der Waals surface area contributed by atoms with Crippen LogP contribution < -0.4 is 0 Å². The van der Waals surface area contributed by atoms with E-state index in [0.717, 1.165) is 45.2 Å². The fraction of sp³-hybridized carbons (Fsp3) is 0.870. The first kappa shape index (κ1) is 42.5. The summed E-state index contributed by atoms with van der Waals surface area (Å²) in [5.41, 5.74) is 0. The lowest BCUT2D eigenvalue weighted by Gasteiger charge is -2.15. The third-order valence-electron chi connectivity index (χ3n) is 3.80. The molecule has 0 aliphatic heterocycles. The number of carboxylic acid groups (broad SMARTS) is 1. The quantitative estimate of drug-likeness (QED) is 0.392. The van der Waals surface area contributed by atoms with E-state index in [2.05, 4.69) is 6.92 Å². The predicted octanol–water partition coefficient (Wildman–Crippen LogP) is 5.06. The largest absolute Gasteiger partial charge is 0.481 e. The van der Waals surface area contributed by atoms with Crippen LogP contribution >= 0.6 is 0 Å². The first-order chi connectivity index (χ1) is 12.3. The van der Waals surface area contributed by atoms with Crippen molar-refractivity contribution in [2.45, 2.75) is 101 Å². The van der Waals surface area contributed by atoms with Crippen molar-refractivity contribution in [3.05, 3.63) is 0 Å². The van der Waals surface area contributed by atoms with E-state index in [1.807, 2.05) is 14.0 Å². The molecular formula is C23H54N2O5. The van der Waals surface area contributed by atoms with Crippen molar-refractivity contribution in [3.63, 3.8) is 0 Å². The molecule has 0 spiro atoms. The van der Waals surface area contributed by atoms with Gasteiger partial charge in [-0.2, -0.15) is 0 Å². The molecule has 2 amide bonds. The van der Waals surface area contributed by atoms with Gasteiger partial charge in [0.25, 0.3) is 0 Å². The molecule has 7 heteroatoms. The molecule has 0 unspecified atom stereocenters. The standard InChI is InChI=1S/C10H21NO2.C9H17NO3.4CH4/c1-3-8-11(2)10(13)7-5-4-6-9-12;1-3-7-10(2)8(11)5-4-6-9(12)13;;;;/h12H,3-9H2,1-2H3;3-7H2,1-2H3,(H,12,13);4*1H4. The van der Waals surface area contributed by atoms with Crippen LogP contribution in [0.15, 0.2) is 0 Å². The van der Waals surface area contributed by atoms with Crippen LogP contribution in [0.2, 0.25) is 0 Å². The monoisotopic (exact) mass is 438 g/mol. The zero-order chi connectivity index (χ0) is 20.4. The maximum absolute atomic E-state index is 11.4. The van der Waals surface area contributed by atoms with Crippen molar-refractivity contribution >= 4 is 17.8 Å². The number of hydrogen-bond donors (Lipinski definition) is 2. The summed E-state index contributed by atoms with van der Waals surface area (Å²) < 4.78 is 0. The summed E-state index contributed by atoms with van der Waals surface area (Å²) in [4.78, 5) is 36.2. The van der Waals surface area contributed by atoms with Gasteiger partial charge in [0.15, 0.2) is 0 Å². The Hall–Kier alpha value is -1.63. The lowest BCUT2D eigenvalue weighted by atomic mass is 10.2. The van der Waals surface area contributed by atoms with Crippen molar-refractivity contribution < 1.29 is 24.6 Å². The molecule has 0 aliphatic carbocycles. The number of aliphatic carboxylic acids is 1. The van der Waals surface area contributed by atoms with Gasteiger partial charge in [-0.05, 0) is 32.1 Å². The summed E-state index contributed by atoms with van der Waals surface area (Å²) in [5, 5.41) is 16.9. The Morgan fingerprint density at radius 2 is 1.07 bits per heavy atom. The molecule has 0 bridgehead atoms. The molecule has 0 radical (unpaired) electrons. The number of unbranched alkanes of at least 4 members (excludes halogenated alkanes) is 2. The summed E-state index contributed by atoms with van der Waals surface area (Å²) in [5.74, 6) is -0.589. The number of amides is 2. The van der Waals surface area contributed by atoms with E-state index < -0.39 is 5.97 Å². The predicted molar refractivity (Wildman–Crippen MR) is 130 cm³/mol. The number of aliphatic hydroxyl groups is 1. The van der Waals surface area contributed by atoms with Gasteiger partial charge in [-0.3, -0.25) is 14.4 Å². The van der Waals surface area contributed by atoms with E-state index in [0.29, 0.717) is 19.3 Å². The second kappa shape index (κ2) is 29.6. The molecule has 2 N–H and O–H groups in total. The van der Waals surface area contributed by atoms with Crippen molar-refractivity contribution in [1.29, 1.82) is 0 Å². The van der Waals surface area contributed by atoms with Gasteiger partial charge in [0.2, 0.25) is 11.8 Å². The third-order valence-corrected chi connectivity index (χ3v) is 3.80. The van der Waals surface area contributed by atoms with Crippen LogP contribution in [-0.2, 0) is 14.4 Å². The SMILES string of the molecule is C.C.C.C.CCCN(C)C(=O)CCCC(=O)O.CCCN(C)C(=O)CCCCCO. The van der Waals surface area contributed by atoms with E-state index in [9.17, 15) is 14.4 Å². The number of carbonyl (C=O) groups excluding carboxylic acids is 2. The van der Waals surface area contributed by atoms with E-state index in [1.165, 1.54) is 0 Å². The first-order valence-corrected chi connectivity index (χ1v) is 9.60. The summed E-state index contributed by atoms with van der Waals surface area (Å²) in [7, 11) is 3.59. The third kappa shape index (κ3) is 28.6. The minimum atomic E-state index is -0.842. The Morgan fingerprint density at radius 1 is 0.667 bits per heavy atom.